The zero-order chi connectivity index (χ0) is 20.5. The Morgan fingerprint density at radius 1 is 1.25 bits per heavy atom. The van der Waals surface area contributed by atoms with E-state index in [0.29, 0.717) is 18.1 Å². The number of benzene rings is 2. The predicted octanol–water partition coefficient (Wildman–Crippen LogP) is 2.24. The quantitative estimate of drug-likeness (QED) is 0.382. The number of carbonyl (C=O) groups excluding carboxylic acids is 1. The molecule has 0 fully saturated rings. The van der Waals surface area contributed by atoms with Crippen LogP contribution in [-0.4, -0.2) is 42.5 Å². The summed E-state index contributed by atoms with van der Waals surface area (Å²) in [5.74, 6) is -0.0790. The standard InChI is InChI=1S/C18H19N3O7/c1-3-27-14-6-4-5-7-15(14)28-11-17(22)20-19-10-12-8-13(21(24)25)9-16(26-2)18(12)23/h4-10,23H,3,11H2,1-2H3,(H,20,22)/b19-10-. The number of ether oxygens (including phenoxy) is 3. The number of hydrazone groups is 1. The maximum atomic E-state index is 11.9. The lowest BCUT2D eigenvalue weighted by molar-refractivity contribution is -0.385. The van der Waals surface area contributed by atoms with Crippen LogP contribution in [0.15, 0.2) is 41.5 Å². The summed E-state index contributed by atoms with van der Waals surface area (Å²) < 4.78 is 15.7. The molecular weight excluding hydrogens is 370 g/mol. The molecular formula is C18H19N3O7. The maximum Gasteiger partial charge on any atom is 0.277 e. The third-order valence-corrected chi connectivity index (χ3v) is 3.42. The molecule has 2 aromatic rings. The highest BCUT2D eigenvalue weighted by Crippen LogP contribution is 2.33. The van der Waals surface area contributed by atoms with E-state index in [1.165, 1.54) is 7.11 Å². The van der Waals surface area contributed by atoms with E-state index in [9.17, 15) is 20.0 Å². The Hall–Kier alpha value is -3.82. The van der Waals surface area contributed by atoms with Gasteiger partial charge < -0.3 is 19.3 Å². The smallest absolute Gasteiger partial charge is 0.277 e. The van der Waals surface area contributed by atoms with Crippen LogP contribution < -0.4 is 19.6 Å². The van der Waals surface area contributed by atoms with E-state index in [-0.39, 0.29) is 29.4 Å². The molecule has 0 saturated heterocycles. The molecule has 1 amide bonds. The normalized spacial score (nSPS) is 10.5. The predicted molar refractivity (Wildman–Crippen MR) is 100 cm³/mol. The van der Waals surface area contributed by atoms with Crippen LogP contribution in [0.3, 0.4) is 0 Å². The second-order valence-corrected chi connectivity index (χ2v) is 5.30. The Morgan fingerprint density at radius 3 is 2.54 bits per heavy atom. The summed E-state index contributed by atoms with van der Waals surface area (Å²) in [6.07, 6.45) is 1.07. The number of nitro benzene ring substituents is 1. The van der Waals surface area contributed by atoms with Crippen molar-refractivity contribution in [1.82, 2.24) is 5.43 Å². The molecule has 28 heavy (non-hydrogen) atoms. The molecule has 2 N–H and O–H groups in total. The van der Waals surface area contributed by atoms with Crippen molar-refractivity contribution in [2.24, 2.45) is 5.10 Å². The highest BCUT2D eigenvalue weighted by molar-refractivity contribution is 5.87. The first kappa shape index (κ1) is 20.5. The first-order chi connectivity index (χ1) is 13.5. The van der Waals surface area contributed by atoms with Gasteiger partial charge in [0.25, 0.3) is 11.6 Å². The highest BCUT2D eigenvalue weighted by Gasteiger charge is 2.16. The molecule has 0 aliphatic rings. The van der Waals surface area contributed by atoms with Gasteiger partial charge in [0.05, 0.1) is 30.9 Å². The maximum absolute atomic E-state index is 11.9. The molecule has 10 heteroatoms. The summed E-state index contributed by atoms with van der Waals surface area (Å²) in [5, 5.41) is 24.6. The first-order valence-electron chi connectivity index (χ1n) is 8.18. The Morgan fingerprint density at radius 2 is 1.93 bits per heavy atom. The van der Waals surface area contributed by atoms with Crippen LogP contribution in [-0.2, 0) is 4.79 Å². The number of hydrogen-bond donors (Lipinski definition) is 2. The lowest BCUT2D eigenvalue weighted by Gasteiger charge is -2.10. The number of amides is 1. The SMILES string of the molecule is CCOc1ccccc1OCC(=O)N/N=C\c1cc([N+](=O)[O-])cc(OC)c1O. The molecule has 148 valence electrons. The fourth-order valence-corrected chi connectivity index (χ4v) is 2.17. The molecule has 2 aromatic carbocycles. The van der Waals surface area contributed by atoms with Crippen molar-refractivity contribution in [2.75, 3.05) is 20.3 Å². The van der Waals surface area contributed by atoms with Crippen LogP contribution in [0.2, 0.25) is 0 Å². The van der Waals surface area contributed by atoms with Crippen molar-refractivity contribution >= 4 is 17.8 Å². The van der Waals surface area contributed by atoms with Gasteiger partial charge in [0.2, 0.25) is 0 Å². The molecule has 0 unspecified atom stereocenters. The van der Waals surface area contributed by atoms with Gasteiger partial charge in [0.15, 0.2) is 29.6 Å². The largest absolute Gasteiger partial charge is 0.504 e. The monoisotopic (exact) mass is 389 g/mol. The van der Waals surface area contributed by atoms with Gasteiger partial charge in [0, 0.05) is 11.6 Å². The molecule has 0 aliphatic heterocycles. The summed E-state index contributed by atoms with van der Waals surface area (Å²) in [4.78, 5) is 22.2. The fourth-order valence-electron chi connectivity index (χ4n) is 2.17. The van der Waals surface area contributed by atoms with E-state index in [1.54, 1.807) is 24.3 Å². The van der Waals surface area contributed by atoms with Crippen molar-refractivity contribution in [1.29, 1.82) is 0 Å². The van der Waals surface area contributed by atoms with Crippen LogP contribution in [0.25, 0.3) is 0 Å². The van der Waals surface area contributed by atoms with Gasteiger partial charge in [-0.25, -0.2) is 5.43 Å². The summed E-state index contributed by atoms with van der Waals surface area (Å²) in [6.45, 7) is 1.95. The second kappa shape index (κ2) is 9.76. The summed E-state index contributed by atoms with van der Waals surface area (Å²) >= 11 is 0. The van der Waals surface area contributed by atoms with E-state index in [0.717, 1.165) is 18.3 Å². The number of rotatable bonds is 9. The third-order valence-electron chi connectivity index (χ3n) is 3.42. The van der Waals surface area contributed by atoms with Crippen molar-refractivity contribution in [2.45, 2.75) is 6.92 Å². The number of methoxy groups -OCH3 is 1. The Balaban J connectivity index is 2.00. The van der Waals surface area contributed by atoms with E-state index in [2.05, 4.69) is 10.5 Å². The summed E-state index contributed by atoms with van der Waals surface area (Å²) in [5.41, 5.74) is 1.92. The topological polar surface area (TPSA) is 133 Å². The minimum Gasteiger partial charge on any atom is -0.504 e. The van der Waals surface area contributed by atoms with Gasteiger partial charge in [-0.05, 0) is 19.1 Å². The third kappa shape index (κ3) is 5.34. The van der Waals surface area contributed by atoms with Gasteiger partial charge in [-0.1, -0.05) is 12.1 Å². The Labute approximate surface area is 160 Å². The Kier molecular flexibility index (Phi) is 7.14. The number of nitrogens with zero attached hydrogens (tertiary/aromatic N) is 2. The molecule has 0 atom stereocenters. The number of non-ortho nitro benzene ring substituents is 1. The minimum atomic E-state index is -0.637. The molecule has 0 bridgehead atoms. The van der Waals surface area contributed by atoms with Crippen molar-refractivity contribution in [3.63, 3.8) is 0 Å². The average Bonchev–Trinajstić information content (AvgIpc) is 2.68. The summed E-state index contributed by atoms with van der Waals surface area (Å²) in [6, 6.07) is 9.08. The van der Waals surface area contributed by atoms with Gasteiger partial charge in [-0.3, -0.25) is 14.9 Å². The number of phenolic OH excluding ortho intramolecular Hbond substituents is 1. The average molecular weight is 389 g/mol. The van der Waals surface area contributed by atoms with Crippen LogP contribution in [0.5, 0.6) is 23.0 Å². The number of nitrogens with one attached hydrogen (secondary N) is 1. The van der Waals surface area contributed by atoms with Crippen molar-refractivity contribution < 1.29 is 29.0 Å². The lowest BCUT2D eigenvalue weighted by Crippen LogP contribution is -2.24. The molecule has 2 rings (SSSR count). The zero-order valence-corrected chi connectivity index (χ0v) is 15.2. The molecule has 0 saturated carbocycles. The second-order valence-electron chi connectivity index (χ2n) is 5.30. The van der Waals surface area contributed by atoms with Gasteiger partial charge in [-0.15, -0.1) is 0 Å². The van der Waals surface area contributed by atoms with E-state index in [1.807, 2.05) is 6.92 Å². The number of carbonyl (C=O) groups is 1. The van der Waals surface area contributed by atoms with Crippen molar-refractivity contribution in [3.05, 3.63) is 52.1 Å². The van der Waals surface area contributed by atoms with Crippen LogP contribution in [0.1, 0.15) is 12.5 Å². The Bertz CT molecular complexity index is 883. The van der Waals surface area contributed by atoms with Crippen LogP contribution in [0.4, 0.5) is 5.69 Å². The van der Waals surface area contributed by atoms with E-state index >= 15 is 0 Å². The first-order valence-corrected chi connectivity index (χ1v) is 8.18. The lowest BCUT2D eigenvalue weighted by atomic mass is 10.2. The van der Waals surface area contributed by atoms with Gasteiger partial charge >= 0.3 is 0 Å². The number of nitro groups is 1. The molecule has 0 spiro atoms. The van der Waals surface area contributed by atoms with Crippen LogP contribution in [0, 0.1) is 10.1 Å². The number of aromatic hydroxyl groups is 1. The van der Waals surface area contributed by atoms with E-state index in [4.69, 9.17) is 14.2 Å². The zero-order valence-electron chi connectivity index (χ0n) is 15.2. The van der Waals surface area contributed by atoms with Gasteiger partial charge in [0.1, 0.15) is 0 Å². The minimum absolute atomic E-state index is 0.00830. The number of para-hydroxylation sites is 2. The van der Waals surface area contributed by atoms with E-state index < -0.39 is 10.8 Å². The summed E-state index contributed by atoms with van der Waals surface area (Å²) in [7, 11) is 1.26. The molecule has 10 nitrogen and oxygen atoms in total. The molecule has 0 radical (unpaired) electrons. The van der Waals surface area contributed by atoms with Gasteiger partial charge in [-0.2, -0.15) is 5.10 Å². The molecule has 0 heterocycles. The number of phenols is 1. The van der Waals surface area contributed by atoms with Crippen LogP contribution >= 0.6 is 0 Å². The highest BCUT2D eigenvalue weighted by atomic mass is 16.6. The molecule has 0 aliphatic carbocycles. The van der Waals surface area contributed by atoms with Crippen molar-refractivity contribution in [3.8, 4) is 23.0 Å². The molecule has 0 aromatic heterocycles. The number of hydrogen-bond acceptors (Lipinski definition) is 8. The fraction of sp³-hybridized carbons (Fsp3) is 0.222.